The van der Waals surface area contributed by atoms with Crippen molar-refractivity contribution in [1.82, 2.24) is 19.1 Å². The van der Waals surface area contributed by atoms with Gasteiger partial charge in [-0.15, -0.1) is 0 Å². The molecule has 8 nitrogen and oxygen atoms in total. The van der Waals surface area contributed by atoms with E-state index in [4.69, 9.17) is 0 Å². The van der Waals surface area contributed by atoms with E-state index in [-0.39, 0.29) is 23.2 Å². The van der Waals surface area contributed by atoms with Crippen molar-refractivity contribution >= 4 is 42.6 Å². The summed E-state index contributed by atoms with van der Waals surface area (Å²) < 4.78 is 43.1. The summed E-state index contributed by atoms with van der Waals surface area (Å²) in [4.78, 5) is 19.7. The van der Waals surface area contributed by atoms with Crippen molar-refractivity contribution in [3.8, 4) is 0 Å². The number of carbonyl (C=O) groups is 1. The third kappa shape index (κ3) is 4.46. The molecule has 3 heterocycles. The molecule has 34 heavy (non-hydrogen) atoms. The first-order valence-electron chi connectivity index (χ1n) is 10.9. The Labute approximate surface area is 200 Å². The van der Waals surface area contributed by atoms with Gasteiger partial charge in [-0.25, -0.2) is 17.8 Å². The summed E-state index contributed by atoms with van der Waals surface area (Å²) >= 11 is 1.23. The van der Waals surface area contributed by atoms with E-state index in [1.807, 2.05) is 0 Å². The summed E-state index contributed by atoms with van der Waals surface area (Å²) in [5.74, 6) is -0.691. The highest BCUT2D eigenvalue weighted by Crippen LogP contribution is 2.30. The highest BCUT2D eigenvalue weighted by atomic mass is 32.2. The molecule has 0 atom stereocenters. The number of halogens is 1. The maximum atomic E-state index is 13.7. The number of aromatic nitrogens is 3. The molecule has 0 spiro atoms. The van der Waals surface area contributed by atoms with Gasteiger partial charge in [-0.05, 0) is 61.4 Å². The molecule has 11 heteroatoms. The summed E-state index contributed by atoms with van der Waals surface area (Å²) in [6, 6.07) is 12.1. The Morgan fingerprint density at radius 2 is 1.88 bits per heavy atom. The molecule has 5 rings (SSSR count). The Bertz CT molecular complexity index is 1410. The van der Waals surface area contributed by atoms with Crippen LogP contribution in [0.25, 0.3) is 10.2 Å². The number of amides is 1. The molecule has 0 N–H and O–H groups in total. The summed E-state index contributed by atoms with van der Waals surface area (Å²) in [7, 11) is -3.56. The van der Waals surface area contributed by atoms with Crippen LogP contribution in [0.4, 0.5) is 9.52 Å². The number of rotatable bonds is 7. The molecule has 0 radical (unpaired) electrons. The topological polar surface area (TPSA) is 88.4 Å². The Morgan fingerprint density at radius 1 is 1.12 bits per heavy atom. The van der Waals surface area contributed by atoms with E-state index >= 15 is 0 Å². The predicted molar refractivity (Wildman–Crippen MR) is 128 cm³/mol. The van der Waals surface area contributed by atoms with Gasteiger partial charge in [0.25, 0.3) is 5.91 Å². The first-order valence-corrected chi connectivity index (χ1v) is 13.1. The molecule has 0 unspecified atom stereocenters. The Balaban J connectivity index is 1.44. The summed E-state index contributed by atoms with van der Waals surface area (Å²) in [5, 5.41) is 4.62. The molecular formula is C23H22FN5O3S2. The number of carbonyl (C=O) groups excluding carboxylic acids is 1. The highest BCUT2D eigenvalue weighted by Gasteiger charge is 2.28. The monoisotopic (exact) mass is 499 g/mol. The Kier molecular flexibility index (Phi) is 6.15. The minimum absolute atomic E-state index is 0.171. The van der Waals surface area contributed by atoms with Crippen LogP contribution in [0.15, 0.2) is 65.8 Å². The molecule has 1 aliphatic rings. The van der Waals surface area contributed by atoms with Crippen LogP contribution in [0.5, 0.6) is 0 Å². The van der Waals surface area contributed by atoms with E-state index in [2.05, 4.69) is 10.1 Å². The molecule has 1 amide bonds. The molecule has 0 bridgehead atoms. The first-order chi connectivity index (χ1) is 16.4. The Morgan fingerprint density at radius 3 is 2.59 bits per heavy atom. The molecule has 0 aliphatic carbocycles. The molecule has 4 aromatic rings. The summed E-state index contributed by atoms with van der Waals surface area (Å²) in [6.45, 7) is 1.76. The van der Waals surface area contributed by atoms with E-state index in [0.29, 0.717) is 40.5 Å². The fourth-order valence-corrected chi connectivity index (χ4v) is 6.46. The zero-order chi connectivity index (χ0) is 23.7. The van der Waals surface area contributed by atoms with Crippen LogP contribution in [-0.2, 0) is 16.6 Å². The van der Waals surface area contributed by atoms with E-state index in [9.17, 15) is 17.6 Å². The maximum absolute atomic E-state index is 13.7. The van der Waals surface area contributed by atoms with E-state index < -0.39 is 10.0 Å². The fraction of sp³-hybridized carbons (Fsp3) is 0.261. The summed E-state index contributed by atoms with van der Waals surface area (Å²) in [6.07, 6.45) is 5.17. The molecule has 1 saturated heterocycles. The zero-order valence-electron chi connectivity index (χ0n) is 18.2. The van der Waals surface area contributed by atoms with Crippen LogP contribution >= 0.6 is 11.3 Å². The average molecular weight is 500 g/mol. The second-order valence-corrected chi connectivity index (χ2v) is 10.9. The third-order valence-corrected chi connectivity index (χ3v) is 8.69. The SMILES string of the molecule is O=C(c1ccc(S(=O)(=O)N2CCCC2)cc1)N(CCn1cccn1)c1nc2ccc(F)cc2s1. The molecule has 2 aromatic heterocycles. The van der Waals surface area contributed by atoms with Crippen LogP contribution in [0, 0.1) is 5.82 Å². The second kappa shape index (κ2) is 9.24. The number of nitrogens with zero attached hydrogens (tertiary/aromatic N) is 5. The maximum Gasteiger partial charge on any atom is 0.260 e. The number of hydrogen-bond acceptors (Lipinski definition) is 6. The van der Waals surface area contributed by atoms with Gasteiger partial charge in [0.15, 0.2) is 5.13 Å². The first kappa shape index (κ1) is 22.6. The zero-order valence-corrected chi connectivity index (χ0v) is 19.8. The van der Waals surface area contributed by atoms with Gasteiger partial charge in [0, 0.05) is 37.6 Å². The molecule has 176 valence electrons. The van der Waals surface area contributed by atoms with Crippen molar-refractivity contribution in [3.63, 3.8) is 0 Å². The number of hydrogen-bond donors (Lipinski definition) is 0. The lowest BCUT2D eigenvalue weighted by Crippen LogP contribution is -2.34. The van der Waals surface area contributed by atoms with Gasteiger partial charge in [0.05, 0.1) is 21.7 Å². The lowest BCUT2D eigenvalue weighted by molar-refractivity contribution is 0.0985. The molecule has 2 aromatic carbocycles. The Hall–Kier alpha value is -3.15. The van der Waals surface area contributed by atoms with Crippen LogP contribution in [0.3, 0.4) is 0 Å². The number of thiazole rings is 1. The van der Waals surface area contributed by atoms with Gasteiger partial charge in [-0.1, -0.05) is 11.3 Å². The predicted octanol–water partition coefficient (Wildman–Crippen LogP) is 3.76. The van der Waals surface area contributed by atoms with Gasteiger partial charge in [0.1, 0.15) is 5.82 Å². The minimum Gasteiger partial charge on any atom is -0.282 e. The molecule has 1 aliphatic heterocycles. The summed E-state index contributed by atoms with van der Waals surface area (Å²) in [5.41, 5.74) is 0.941. The molecular weight excluding hydrogens is 477 g/mol. The molecule has 1 fully saturated rings. The van der Waals surface area contributed by atoms with Crippen LogP contribution in [0.2, 0.25) is 0 Å². The van der Waals surface area contributed by atoms with Crippen LogP contribution < -0.4 is 4.90 Å². The van der Waals surface area contributed by atoms with E-state index in [0.717, 1.165) is 12.8 Å². The van der Waals surface area contributed by atoms with Crippen molar-refractivity contribution in [2.45, 2.75) is 24.3 Å². The number of benzene rings is 2. The third-order valence-electron chi connectivity index (χ3n) is 5.73. The van der Waals surface area contributed by atoms with E-state index in [1.165, 1.54) is 56.9 Å². The van der Waals surface area contributed by atoms with Crippen molar-refractivity contribution in [1.29, 1.82) is 0 Å². The van der Waals surface area contributed by atoms with Crippen molar-refractivity contribution < 1.29 is 17.6 Å². The minimum atomic E-state index is -3.56. The van der Waals surface area contributed by atoms with Crippen molar-refractivity contribution in [2.75, 3.05) is 24.5 Å². The lowest BCUT2D eigenvalue weighted by atomic mass is 10.2. The number of fused-ring (bicyclic) bond motifs is 1. The van der Waals surface area contributed by atoms with Gasteiger partial charge < -0.3 is 0 Å². The fourth-order valence-electron chi connectivity index (χ4n) is 3.92. The van der Waals surface area contributed by atoms with Gasteiger partial charge in [-0.3, -0.25) is 14.4 Å². The highest BCUT2D eigenvalue weighted by molar-refractivity contribution is 7.89. The van der Waals surface area contributed by atoms with Gasteiger partial charge in [-0.2, -0.15) is 9.40 Å². The van der Waals surface area contributed by atoms with Gasteiger partial charge in [0.2, 0.25) is 10.0 Å². The quantitative estimate of drug-likeness (QED) is 0.386. The van der Waals surface area contributed by atoms with Crippen molar-refractivity contribution in [3.05, 3.63) is 72.3 Å². The second-order valence-electron chi connectivity index (χ2n) is 7.97. The molecule has 0 saturated carbocycles. The number of sulfonamides is 1. The van der Waals surface area contributed by atoms with Crippen molar-refractivity contribution in [2.24, 2.45) is 0 Å². The normalized spacial score (nSPS) is 14.6. The smallest absolute Gasteiger partial charge is 0.260 e. The lowest BCUT2D eigenvalue weighted by Gasteiger charge is -2.20. The average Bonchev–Trinajstić information content (AvgIpc) is 3.60. The largest absolute Gasteiger partial charge is 0.282 e. The van der Waals surface area contributed by atoms with Crippen LogP contribution in [-0.4, -0.2) is 53.0 Å². The number of anilines is 1. The van der Waals surface area contributed by atoms with Gasteiger partial charge >= 0.3 is 0 Å². The standard InChI is InChI=1S/C23H22FN5O3S2/c24-18-6-9-20-21(16-18)33-23(26-20)29(15-14-27-11-3-10-25-27)22(30)17-4-7-19(8-5-17)34(31,32)28-12-1-2-13-28/h3-11,16H,1-2,12-15H2. The van der Waals surface area contributed by atoms with E-state index in [1.54, 1.807) is 29.2 Å². The van der Waals surface area contributed by atoms with Crippen LogP contribution in [0.1, 0.15) is 23.2 Å².